The molecule has 1 unspecified atom stereocenters. The summed E-state index contributed by atoms with van der Waals surface area (Å²) in [6, 6.07) is 11.1. The Balaban J connectivity index is 1.32. The highest BCUT2D eigenvalue weighted by molar-refractivity contribution is 5.96. The summed E-state index contributed by atoms with van der Waals surface area (Å²) in [6.45, 7) is 5.18. The highest BCUT2D eigenvalue weighted by Crippen LogP contribution is 2.37. The average Bonchev–Trinajstić information content (AvgIpc) is 3.24. The van der Waals surface area contributed by atoms with Crippen LogP contribution in [0.3, 0.4) is 0 Å². The van der Waals surface area contributed by atoms with Crippen molar-refractivity contribution in [3.63, 3.8) is 0 Å². The minimum absolute atomic E-state index is 0.0420. The van der Waals surface area contributed by atoms with E-state index in [1.165, 1.54) is 0 Å². The minimum Gasteiger partial charge on any atom is -0.454 e. The van der Waals surface area contributed by atoms with Gasteiger partial charge < -0.3 is 25.0 Å². The summed E-state index contributed by atoms with van der Waals surface area (Å²) in [5.74, 6) is 1.44. The van der Waals surface area contributed by atoms with Gasteiger partial charge in [0, 0.05) is 42.9 Å². The van der Waals surface area contributed by atoms with Crippen molar-refractivity contribution in [3.8, 4) is 11.5 Å². The van der Waals surface area contributed by atoms with Gasteiger partial charge >= 0.3 is 6.03 Å². The fourth-order valence-electron chi connectivity index (χ4n) is 3.68. The van der Waals surface area contributed by atoms with Crippen LogP contribution in [0.2, 0.25) is 0 Å². The molecule has 2 N–H and O–H groups in total. The van der Waals surface area contributed by atoms with Crippen molar-refractivity contribution in [2.75, 3.05) is 30.1 Å². The number of carbonyl (C=O) groups is 2. The van der Waals surface area contributed by atoms with Gasteiger partial charge in [-0.2, -0.15) is 0 Å². The van der Waals surface area contributed by atoms with E-state index >= 15 is 0 Å². The third-order valence-electron chi connectivity index (χ3n) is 4.90. The van der Waals surface area contributed by atoms with Crippen LogP contribution < -0.4 is 25.0 Å². The molecule has 28 heavy (non-hydrogen) atoms. The second kappa shape index (κ2) is 7.42. The summed E-state index contributed by atoms with van der Waals surface area (Å²) in [5, 5.41) is 5.72. The maximum absolute atomic E-state index is 12.4. The van der Waals surface area contributed by atoms with Crippen molar-refractivity contribution in [1.82, 2.24) is 5.32 Å². The summed E-state index contributed by atoms with van der Waals surface area (Å²) in [5.41, 5.74) is 3.74. The predicted molar refractivity (Wildman–Crippen MR) is 106 cm³/mol. The Kier molecular flexibility index (Phi) is 4.81. The summed E-state index contributed by atoms with van der Waals surface area (Å²) in [6.07, 6.45) is 0.401. The van der Waals surface area contributed by atoms with E-state index in [1.807, 2.05) is 44.2 Å². The molecule has 2 aromatic rings. The number of benzene rings is 2. The molecular weight excluding hydrogens is 358 g/mol. The molecule has 0 aromatic heterocycles. The van der Waals surface area contributed by atoms with Crippen LogP contribution in [-0.4, -0.2) is 31.8 Å². The van der Waals surface area contributed by atoms with Gasteiger partial charge in [0.1, 0.15) is 0 Å². The quantitative estimate of drug-likeness (QED) is 0.852. The lowest BCUT2D eigenvalue weighted by atomic mass is 10.1. The molecule has 3 amide bonds. The smallest absolute Gasteiger partial charge is 0.319 e. The Morgan fingerprint density at radius 1 is 1.11 bits per heavy atom. The number of rotatable bonds is 4. The number of carbonyl (C=O) groups excluding carboxylic acids is 2. The van der Waals surface area contributed by atoms with E-state index in [-0.39, 0.29) is 24.6 Å². The van der Waals surface area contributed by atoms with Crippen LogP contribution in [0.25, 0.3) is 0 Å². The second-order valence-electron chi connectivity index (χ2n) is 7.32. The Morgan fingerprint density at radius 3 is 2.64 bits per heavy atom. The van der Waals surface area contributed by atoms with Gasteiger partial charge in [-0.1, -0.05) is 6.07 Å². The number of nitrogens with one attached hydrogen (secondary N) is 2. The lowest BCUT2D eigenvalue weighted by Crippen LogP contribution is -2.34. The second-order valence-corrected chi connectivity index (χ2v) is 7.32. The fraction of sp³-hybridized carbons (Fsp3) is 0.333. The van der Waals surface area contributed by atoms with Crippen molar-refractivity contribution in [2.45, 2.75) is 20.3 Å². The van der Waals surface area contributed by atoms with Crippen LogP contribution in [0, 0.1) is 19.8 Å². The predicted octanol–water partition coefficient (Wildman–Crippen LogP) is 3.21. The third kappa shape index (κ3) is 3.88. The Bertz CT molecular complexity index is 908. The molecule has 0 aliphatic carbocycles. The SMILES string of the molecule is Cc1cc(C)cc(NC(=O)NCC2CC(=O)N(c3ccc4c(c3)OCO4)C2)c1. The van der Waals surface area contributed by atoms with Crippen LogP contribution in [0.4, 0.5) is 16.2 Å². The number of anilines is 2. The molecule has 1 saturated heterocycles. The number of hydrogen-bond donors (Lipinski definition) is 2. The molecule has 2 heterocycles. The number of nitrogens with zero attached hydrogens (tertiary/aromatic N) is 1. The van der Waals surface area contributed by atoms with Crippen LogP contribution in [0.1, 0.15) is 17.5 Å². The van der Waals surface area contributed by atoms with Crippen molar-refractivity contribution in [2.24, 2.45) is 5.92 Å². The normalized spacial score (nSPS) is 17.7. The molecule has 146 valence electrons. The maximum Gasteiger partial charge on any atom is 0.319 e. The molecule has 0 radical (unpaired) electrons. The van der Waals surface area contributed by atoms with Gasteiger partial charge in [0.2, 0.25) is 12.7 Å². The molecule has 0 spiro atoms. The van der Waals surface area contributed by atoms with Gasteiger partial charge in [-0.25, -0.2) is 4.79 Å². The lowest BCUT2D eigenvalue weighted by Gasteiger charge is -2.17. The van der Waals surface area contributed by atoms with Crippen LogP contribution in [0.15, 0.2) is 36.4 Å². The van der Waals surface area contributed by atoms with E-state index in [4.69, 9.17) is 9.47 Å². The third-order valence-corrected chi connectivity index (χ3v) is 4.90. The zero-order chi connectivity index (χ0) is 19.7. The van der Waals surface area contributed by atoms with Gasteiger partial charge in [-0.3, -0.25) is 4.79 Å². The average molecular weight is 381 g/mol. The number of aryl methyl sites for hydroxylation is 2. The zero-order valence-corrected chi connectivity index (χ0v) is 16.0. The molecule has 2 aromatic carbocycles. The zero-order valence-electron chi connectivity index (χ0n) is 16.0. The minimum atomic E-state index is -0.265. The molecule has 2 aliphatic rings. The van der Waals surface area contributed by atoms with E-state index in [0.29, 0.717) is 31.0 Å². The summed E-state index contributed by atoms with van der Waals surface area (Å²) >= 11 is 0. The molecular formula is C21H23N3O4. The number of ether oxygens (including phenoxy) is 2. The fourth-order valence-corrected chi connectivity index (χ4v) is 3.68. The van der Waals surface area contributed by atoms with Crippen LogP contribution in [-0.2, 0) is 4.79 Å². The largest absolute Gasteiger partial charge is 0.454 e. The monoisotopic (exact) mass is 381 g/mol. The molecule has 0 bridgehead atoms. The number of hydrogen-bond acceptors (Lipinski definition) is 4. The summed E-state index contributed by atoms with van der Waals surface area (Å²) in [7, 11) is 0. The first kappa shape index (κ1) is 18.2. The first-order valence-corrected chi connectivity index (χ1v) is 9.31. The van der Waals surface area contributed by atoms with Crippen molar-refractivity contribution in [1.29, 1.82) is 0 Å². The molecule has 2 aliphatic heterocycles. The van der Waals surface area contributed by atoms with Crippen molar-refractivity contribution in [3.05, 3.63) is 47.5 Å². The number of amides is 3. The van der Waals surface area contributed by atoms with Gasteiger partial charge in [0.05, 0.1) is 0 Å². The van der Waals surface area contributed by atoms with Gasteiger partial charge in [-0.05, 0) is 49.2 Å². The molecule has 7 heteroatoms. The van der Waals surface area contributed by atoms with Gasteiger partial charge in [-0.15, -0.1) is 0 Å². The van der Waals surface area contributed by atoms with Gasteiger partial charge in [0.15, 0.2) is 11.5 Å². The summed E-state index contributed by atoms with van der Waals surface area (Å²) < 4.78 is 10.7. The topological polar surface area (TPSA) is 79.9 Å². The molecule has 1 atom stereocenters. The highest BCUT2D eigenvalue weighted by atomic mass is 16.7. The molecule has 4 rings (SSSR count). The lowest BCUT2D eigenvalue weighted by molar-refractivity contribution is -0.117. The molecule has 0 saturated carbocycles. The van der Waals surface area contributed by atoms with E-state index in [0.717, 1.165) is 22.5 Å². The number of fused-ring (bicyclic) bond motifs is 1. The Labute approximate surface area is 163 Å². The Hall–Kier alpha value is -3.22. The molecule has 1 fully saturated rings. The first-order chi connectivity index (χ1) is 13.5. The van der Waals surface area contributed by atoms with E-state index < -0.39 is 0 Å². The standard InChI is InChI=1S/C21H23N3O4/c1-13-5-14(2)7-16(6-13)23-21(26)22-10-15-8-20(25)24(11-15)17-3-4-18-19(9-17)28-12-27-18/h3-7,9,15H,8,10-12H2,1-2H3,(H2,22,23,26). The number of urea groups is 1. The Morgan fingerprint density at radius 2 is 1.86 bits per heavy atom. The van der Waals surface area contributed by atoms with Crippen LogP contribution in [0.5, 0.6) is 11.5 Å². The van der Waals surface area contributed by atoms with Crippen LogP contribution >= 0.6 is 0 Å². The van der Waals surface area contributed by atoms with Crippen molar-refractivity contribution < 1.29 is 19.1 Å². The highest BCUT2D eigenvalue weighted by Gasteiger charge is 2.31. The maximum atomic E-state index is 12.4. The van der Waals surface area contributed by atoms with E-state index in [9.17, 15) is 9.59 Å². The van der Waals surface area contributed by atoms with E-state index in [2.05, 4.69) is 16.7 Å². The first-order valence-electron chi connectivity index (χ1n) is 9.31. The van der Waals surface area contributed by atoms with E-state index in [1.54, 1.807) is 4.90 Å². The van der Waals surface area contributed by atoms with Crippen molar-refractivity contribution >= 4 is 23.3 Å². The molecule has 7 nitrogen and oxygen atoms in total. The summed E-state index contributed by atoms with van der Waals surface area (Å²) in [4.78, 5) is 26.4. The van der Waals surface area contributed by atoms with Gasteiger partial charge in [0.25, 0.3) is 0 Å².